The molecular weight excluding hydrogens is 552 g/mol. The van der Waals surface area contributed by atoms with Crippen LogP contribution >= 0.6 is 11.6 Å². The van der Waals surface area contributed by atoms with Gasteiger partial charge in [0.05, 0.1) is 42.3 Å². The molecule has 0 radical (unpaired) electrons. The van der Waals surface area contributed by atoms with Gasteiger partial charge >= 0.3 is 0 Å². The standard InChI is InChI=1S/C29H33ClN4O4.C4H8/c1-5-7-26(20-8-11-27(37-4)19(3)16-20)32-21(6-2)18-25(31)28(35)33-22-9-10-23(24(30)17-22)29(36)34-12-14-38-15-13-34;1-4-2-3-4/h5,7-11,16-18H,1,6,12-15,31H2,2-4H3,(H,33,35);4H,2-3H2,1H3/b25-18-,26-7-,32-21-;. The summed E-state index contributed by atoms with van der Waals surface area (Å²) in [6, 6.07) is 10.5. The second-order valence-electron chi connectivity index (χ2n) is 10.3. The van der Waals surface area contributed by atoms with E-state index in [2.05, 4.69) is 18.8 Å². The third-order valence-electron chi connectivity index (χ3n) is 6.80. The van der Waals surface area contributed by atoms with Gasteiger partial charge < -0.3 is 25.4 Å². The van der Waals surface area contributed by atoms with E-state index in [0.717, 1.165) is 22.8 Å². The van der Waals surface area contributed by atoms with Gasteiger partial charge in [-0.1, -0.05) is 50.9 Å². The summed E-state index contributed by atoms with van der Waals surface area (Å²) in [4.78, 5) is 32.0. The lowest BCUT2D eigenvalue weighted by Gasteiger charge is -2.27. The minimum atomic E-state index is -0.510. The van der Waals surface area contributed by atoms with Gasteiger partial charge in [0, 0.05) is 30.1 Å². The molecule has 4 rings (SSSR count). The van der Waals surface area contributed by atoms with E-state index < -0.39 is 5.91 Å². The van der Waals surface area contributed by atoms with Gasteiger partial charge in [-0.15, -0.1) is 0 Å². The fraction of sp³-hybridized carbons (Fsp3) is 0.364. The number of rotatable bonds is 9. The zero-order valence-electron chi connectivity index (χ0n) is 24.9. The molecule has 8 nitrogen and oxygen atoms in total. The molecule has 2 fully saturated rings. The number of methoxy groups -OCH3 is 1. The highest BCUT2D eigenvalue weighted by Crippen LogP contribution is 2.27. The number of morpholine rings is 1. The number of nitrogens with one attached hydrogen (secondary N) is 1. The summed E-state index contributed by atoms with van der Waals surface area (Å²) in [6.45, 7) is 12.0. The summed E-state index contributed by atoms with van der Waals surface area (Å²) in [5, 5.41) is 2.97. The number of ether oxygens (including phenoxy) is 2. The van der Waals surface area contributed by atoms with Crippen molar-refractivity contribution in [2.24, 2.45) is 16.6 Å². The Morgan fingerprint density at radius 3 is 2.45 bits per heavy atom. The second kappa shape index (κ2) is 15.9. The Kier molecular flexibility index (Phi) is 12.4. The number of anilines is 1. The van der Waals surface area contributed by atoms with E-state index in [1.807, 2.05) is 32.0 Å². The van der Waals surface area contributed by atoms with E-state index in [-0.39, 0.29) is 16.6 Å². The molecule has 1 saturated carbocycles. The van der Waals surface area contributed by atoms with Crippen molar-refractivity contribution in [3.05, 3.63) is 88.6 Å². The summed E-state index contributed by atoms with van der Waals surface area (Å²) in [7, 11) is 1.63. The first-order chi connectivity index (χ1) is 20.2. The Balaban J connectivity index is 0.00000111. The summed E-state index contributed by atoms with van der Waals surface area (Å²) < 4.78 is 10.6. The maximum Gasteiger partial charge on any atom is 0.271 e. The predicted molar refractivity (Wildman–Crippen MR) is 171 cm³/mol. The van der Waals surface area contributed by atoms with Gasteiger partial charge in [-0.05, 0) is 73.4 Å². The quantitative estimate of drug-likeness (QED) is 0.199. The zero-order chi connectivity index (χ0) is 30.6. The minimum absolute atomic E-state index is 0.0148. The van der Waals surface area contributed by atoms with Crippen LogP contribution in [-0.4, -0.2) is 55.8 Å². The van der Waals surface area contributed by atoms with Crippen molar-refractivity contribution in [1.82, 2.24) is 4.90 Å². The topological polar surface area (TPSA) is 106 Å². The van der Waals surface area contributed by atoms with Crippen molar-refractivity contribution in [2.75, 3.05) is 38.7 Å². The molecule has 9 heteroatoms. The van der Waals surface area contributed by atoms with E-state index in [1.54, 1.807) is 42.4 Å². The number of amides is 2. The van der Waals surface area contributed by atoms with Crippen LogP contribution in [0.2, 0.25) is 5.02 Å². The molecular formula is C33H41ClN4O4. The van der Waals surface area contributed by atoms with Crippen LogP contribution in [0.5, 0.6) is 5.75 Å². The van der Waals surface area contributed by atoms with Gasteiger partial charge in [-0.2, -0.15) is 0 Å². The summed E-state index contributed by atoms with van der Waals surface area (Å²) in [6.07, 6.45) is 8.51. The van der Waals surface area contributed by atoms with Crippen molar-refractivity contribution in [3.63, 3.8) is 0 Å². The van der Waals surface area contributed by atoms with Gasteiger partial charge in [0.15, 0.2) is 0 Å². The highest BCUT2D eigenvalue weighted by atomic mass is 35.5. The number of aliphatic imine (C=N–C) groups is 1. The molecule has 2 aromatic carbocycles. The molecule has 0 bridgehead atoms. The van der Waals surface area contributed by atoms with Gasteiger partial charge in [0.25, 0.3) is 11.8 Å². The van der Waals surface area contributed by atoms with Crippen LogP contribution in [0.15, 0.2) is 71.9 Å². The molecule has 2 amide bonds. The van der Waals surface area contributed by atoms with E-state index in [4.69, 9.17) is 31.8 Å². The van der Waals surface area contributed by atoms with E-state index in [1.165, 1.54) is 18.9 Å². The third-order valence-corrected chi connectivity index (χ3v) is 7.11. The molecule has 0 atom stereocenters. The number of carbonyl (C=O) groups is 2. The number of nitrogens with two attached hydrogens (primary N) is 1. The fourth-order valence-electron chi connectivity index (χ4n) is 4.03. The van der Waals surface area contributed by atoms with Gasteiger partial charge in [-0.3, -0.25) is 14.6 Å². The average molecular weight is 593 g/mol. The van der Waals surface area contributed by atoms with Crippen molar-refractivity contribution in [3.8, 4) is 5.75 Å². The number of hydrogen-bond acceptors (Lipinski definition) is 6. The lowest BCUT2D eigenvalue weighted by atomic mass is 10.1. The maximum absolute atomic E-state index is 12.8. The van der Waals surface area contributed by atoms with Crippen molar-refractivity contribution in [1.29, 1.82) is 0 Å². The fourth-order valence-corrected chi connectivity index (χ4v) is 4.29. The van der Waals surface area contributed by atoms with Crippen LogP contribution in [0, 0.1) is 12.8 Å². The number of nitrogens with zero attached hydrogens (tertiary/aromatic N) is 2. The molecule has 1 aliphatic carbocycles. The molecule has 1 heterocycles. The Labute approximate surface area is 253 Å². The van der Waals surface area contributed by atoms with Crippen molar-refractivity contribution in [2.45, 2.75) is 40.0 Å². The average Bonchev–Trinajstić information content (AvgIpc) is 3.78. The van der Waals surface area contributed by atoms with Crippen LogP contribution < -0.4 is 15.8 Å². The number of benzene rings is 2. The van der Waals surface area contributed by atoms with E-state index >= 15 is 0 Å². The Bertz CT molecular complexity index is 1370. The molecule has 2 aliphatic rings. The maximum atomic E-state index is 12.8. The number of halogens is 1. The van der Waals surface area contributed by atoms with Gasteiger partial charge in [0.1, 0.15) is 5.75 Å². The Morgan fingerprint density at radius 2 is 1.90 bits per heavy atom. The SMILES string of the molecule is C=C\C=C(/N=C(\C=C(/N)C(=O)Nc1ccc(C(=O)N2CCOCC2)c(Cl)c1)CC)c1ccc(OC)c(C)c1.CC1CC1. The van der Waals surface area contributed by atoms with E-state index in [0.29, 0.717) is 55.4 Å². The molecule has 1 saturated heterocycles. The first-order valence-electron chi connectivity index (χ1n) is 14.2. The first kappa shape index (κ1) is 32.6. The lowest BCUT2D eigenvalue weighted by molar-refractivity contribution is -0.112. The highest BCUT2D eigenvalue weighted by Gasteiger charge is 2.21. The van der Waals surface area contributed by atoms with Crippen molar-refractivity contribution < 1.29 is 19.1 Å². The summed E-state index contributed by atoms with van der Waals surface area (Å²) in [5.41, 5.74) is 10.0. The van der Waals surface area contributed by atoms with Gasteiger partial charge in [0.2, 0.25) is 0 Å². The van der Waals surface area contributed by atoms with Crippen LogP contribution in [-0.2, 0) is 9.53 Å². The molecule has 0 spiro atoms. The van der Waals surface area contributed by atoms with Crippen LogP contribution in [0.3, 0.4) is 0 Å². The zero-order valence-corrected chi connectivity index (χ0v) is 25.7. The molecule has 0 aromatic heterocycles. The van der Waals surface area contributed by atoms with Crippen molar-refractivity contribution >= 4 is 40.5 Å². The minimum Gasteiger partial charge on any atom is -0.496 e. The summed E-state index contributed by atoms with van der Waals surface area (Å²) >= 11 is 6.37. The smallest absolute Gasteiger partial charge is 0.271 e. The number of allylic oxidation sites excluding steroid dienone is 3. The predicted octanol–water partition coefficient (Wildman–Crippen LogP) is 6.40. The van der Waals surface area contributed by atoms with Crippen LogP contribution in [0.25, 0.3) is 5.70 Å². The Hall–Kier alpha value is -3.88. The normalized spacial score (nSPS) is 15.8. The number of aryl methyl sites for hydroxylation is 1. The highest BCUT2D eigenvalue weighted by molar-refractivity contribution is 6.34. The molecule has 224 valence electrons. The van der Waals surface area contributed by atoms with Crippen LogP contribution in [0.4, 0.5) is 5.69 Å². The molecule has 1 aliphatic heterocycles. The second-order valence-corrected chi connectivity index (χ2v) is 10.7. The lowest BCUT2D eigenvalue weighted by Crippen LogP contribution is -2.40. The van der Waals surface area contributed by atoms with Gasteiger partial charge in [-0.25, -0.2) is 0 Å². The first-order valence-corrected chi connectivity index (χ1v) is 14.5. The van der Waals surface area contributed by atoms with E-state index in [9.17, 15) is 9.59 Å². The largest absolute Gasteiger partial charge is 0.496 e. The molecule has 3 N–H and O–H groups in total. The molecule has 0 unspecified atom stereocenters. The molecule has 2 aromatic rings. The number of carbonyl (C=O) groups excluding carboxylic acids is 2. The molecule has 42 heavy (non-hydrogen) atoms. The monoisotopic (exact) mass is 592 g/mol. The third kappa shape index (κ3) is 9.60. The van der Waals surface area contributed by atoms with Crippen LogP contribution in [0.1, 0.15) is 54.6 Å². The summed E-state index contributed by atoms with van der Waals surface area (Å²) in [5.74, 6) is 1.18. The Morgan fingerprint density at radius 1 is 1.21 bits per heavy atom. The number of hydrogen-bond donors (Lipinski definition) is 2.